The first kappa shape index (κ1) is 15.8. The fraction of sp³-hybridized carbons (Fsp3) is 0.786. The fourth-order valence-electron chi connectivity index (χ4n) is 2.62. The van der Waals surface area contributed by atoms with E-state index in [0.29, 0.717) is 25.3 Å². The molecule has 2 saturated carbocycles. The molecule has 2 rings (SSSR count). The largest absolute Gasteiger partial charge is 0.481 e. The molecule has 2 aliphatic rings. The molecule has 7 heteroatoms. The Morgan fingerprint density at radius 1 is 1.00 bits per heavy atom. The monoisotopic (exact) mass is 297 g/mol. The topological polar surface area (TPSA) is 108 Å². The van der Waals surface area contributed by atoms with E-state index in [1.54, 1.807) is 0 Å². The van der Waals surface area contributed by atoms with Gasteiger partial charge in [0.2, 0.25) is 5.91 Å². The summed E-state index contributed by atoms with van der Waals surface area (Å²) in [7, 11) is 0. The smallest absolute Gasteiger partial charge is 0.321 e. The lowest BCUT2D eigenvalue weighted by Gasteiger charge is -2.26. The van der Waals surface area contributed by atoms with Crippen molar-refractivity contribution in [3.63, 3.8) is 0 Å². The number of urea groups is 1. The molecular formula is C14H23N3O4. The number of carboxylic acids is 1. The van der Waals surface area contributed by atoms with Gasteiger partial charge in [-0.1, -0.05) is 0 Å². The average molecular weight is 297 g/mol. The van der Waals surface area contributed by atoms with Gasteiger partial charge in [0.05, 0.1) is 12.5 Å². The Balaban J connectivity index is 1.53. The van der Waals surface area contributed by atoms with Crippen molar-refractivity contribution in [2.24, 2.45) is 11.8 Å². The van der Waals surface area contributed by atoms with E-state index in [4.69, 9.17) is 5.11 Å². The number of aliphatic carboxylic acids is 1. The van der Waals surface area contributed by atoms with Crippen LogP contribution in [-0.4, -0.2) is 42.1 Å². The summed E-state index contributed by atoms with van der Waals surface area (Å²) in [6.45, 7) is 0.793. The Morgan fingerprint density at radius 2 is 1.67 bits per heavy atom. The third-order valence-corrected chi connectivity index (χ3v) is 4.08. The van der Waals surface area contributed by atoms with Crippen LogP contribution in [0, 0.1) is 11.8 Å². The molecule has 2 fully saturated rings. The third-order valence-electron chi connectivity index (χ3n) is 4.08. The number of amides is 3. The summed E-state index contributed by atoms with van der Waals surface area (Å²) in [5.74, 6) is -0.848. The van der Waals surface area contributed by atoms with Crippen molar-refractivity contribution >= 4 is 17.9 Å². The first-order valence-electron chi connectivity index (χ1n) is 7.58. The van der Waals surface area contributed by atoms with Gasteiger partial charge in [-0.2, -0.15) is 0 Å². The van der Waals surface area contributed by atoms with Crippen LogP contribution >= 0.6 is 0 Å². The summed E-state index contributed by atoms with van der Waals surface area (Å²) in [6, 6.07) is -0.193. The van der Waals surface area contributed by atoms with Gasteiger partial charge in [-0.15, -0.1) is 0 Å². The van der Waals surface area contributed by atoms with Gasteiger partial charge >= 0.3 is 12.0 Å². The third kappa shape index (κ3) is 5.71. The zero-order chi connectivity index (χ0) is 15.2. The molecule has 0 unspecified atom stereocenters. The lowest BCUT2D eigenvalue weighted by atomic mass is 9.82. The highest BCUT2D eigenvalue weighted by Gasteiger charge is 2.26. The summed E-state index contributed by atoms with van der Waals surface area (Å²) in [4.78, 5) is 33.7. The van der Waals surface area contributed by atoms with E-state index in [1.807, 2.05) is 0 Å². The highest BCUT2D eigenvalue weighted by molar-refractivity contribution is 5.95. The number of carbonyl (C=O) groups is 3. The number of hydrogen-bond donors (Lipinski definition) is 4. The molecule has 0 bridgehead atoms. The molecule has 21 heavy (non-hydrogen) atoms. The van der Waals surface area contributed by atoms with E-state index in [1.165, 1.54) is 0 Å². The van der Waals surface area contributed by atoms with Crippen LogP contribution < -0.4 is 16.0 Å². The van der Waals surface area contributed by atoms with Crippen molar-refractivity contribution in [3.8, 4) is 0 Å². The van der Waals surface area contributed by atoms with E-state index in [-0.39, 0.29) is 24.4 Å². The number of nitrogens with one attached hydrogen (secondary N) is 3. The molecule has 118 valence electrons. The van der Waals surface area contributed by atoms with Crippen molar-refractivity contribution < 1.29 is 19.5 Å². The maximum Gasteiger partial charge on any atom is 0.321 e. The van der Waals surface area contributed by atoms with Crippen LogP contribution in [0.4, 0.5) is 4.79 Å². The first-order chi connectivity index (χ1) is 10.0. The molecule has 0 aliphatic heterocycles. The second-order valence-electron chi connectivity index (χ2n) is 5.98. The van der Waals surface area contributed by atoms with Crippen LogP contribution in [0.1, 0.15) is 38.5 Å². The minimum Gasteiger partial charge on any atom is -0.481 e. The quantitative estimate of drug-likeness (QED) is 0.569. The van der Waals surface area contributed by atoms with Gasteiger partial charge in [0.1, 0.15) is 0 Å². The van der Waals surface area contributed by atoms with Gasteiger partial charge in [0.15, 0.2) is 0 Å². The Morgan fingerprint density at radius 3 is 2.24 bits per heavy atom. The van der Waals surface area contributed by atoms with Gasteiger partial charge in [0.25, 0.3) is 0 Å². The van der Waals surface area contributed by atoms with E-state index in [2.05, 4.69) is 16.0 Å². The maximum atomic E-state index is 11.5. The van der Waals surface area contributed by atoms with Gasteiger partial charge in [-0.05, 0) is 51.0 Å². The van der Waals surface area contributed by atoms with Gasteiger partial charge in [-0.25, -0.2) is 4.79 Å². The molecule has 7 nitrogen and oxygen atoms in total. The molecular weight excluding hydrogens is 274 g/mol. The zero-order valence-electron chi connectivity index (χ0n) is 12.1. The zero-order valence-corrected chi connectivity index (χ0v) is 12.1. The molecule has 0 radical (unpaired) electrons. The fourth-order valence-corrected chi connectivity index (χ4v) is 2.62. The second-order valence-corrected chi connectivity index (χ2v) is 5.98. The predicted octanol–water partition coefficient (Wildman–Crippen LogP) is 0.455. The second kappa shape index (κ2) is 7.40. The van der Waals surface area contributed by atoms with Crippen LogP contribution in [0.5, 0.6) is 0 Å². The normalized spacial score (nSPS) is 25.1. The lowest BCUT2D eigenvalue weighted by molar-refractivity contribution is -0.143. The van der Waals surface area contributed by atoms with Crippen molar-refractivity contribution in [2.45, 2.75) is 44.6 Å². The van der Waals surface area contributed by atoms with Crippen LogP contribution in [-0.2, 0) is 9.59 Å². The molecule has 0 saturated heterocycles. The SMILES string of the molecule is O=C(CNCC1CCC(C(=O)O)CC1)NC(=O)NC1CC1. The standard InChI is InChI=1S/C14H23N3O4/c18-12(17-14(21)16-11-5-6-11)8-15-7-9-1-3-10(4-2-9)13(19)20/h9-11,15H,1-8H2,(H,19,20)(H2,16,17,18,21). The van der Waals surface area contributed by atoms with Crippen LogP contribution in [0.15, 0.2) is 0 Å². The summed E-state index contributed by atoms with van der Waals surface area (Å²) in [5.41, 5.74) is 0. The highest BCUT2D eigenvalue weighted by Crippen LogP contribution is 2.28. The number of carboxylic acid groups (broad SMARTS) is 1. The summed E-state index contributed by atoms with van der Waals surface area (Å²) in [5, 5.41) is 16.9. The van der Waals surface area contributed by atoms with Crippen molar-refractivity contribution in [2.75, 3.05) is 13.1 Å². The number of carbonyl (C=O) groups excluding carboxylic acids is 2. The average Bonchev–Trinajstić information content (AvgIpc) is 3.23. The molecule has 4 N–H and O–H groups in total. The van der Waals surface area contributed by atoms with Crippen molar-refractivity contribution in [1.29, 1.82) is 0 Å². The van der Waals surface area contributed by atoms with Crippen LogP contribution in [0.25, 0.3) is 0 Å². The number of hydrogen-bond acceptors (Lipinski definition) is 4. The molecule has 0 aromatic heterocycles. The summed E-state index contributed by atoms with van der Waals surface area (Å²) < 4.78 is 0. The minimum atomic E-state index is -0.706. The minimum absolute atomic E-state index is 0.108. The Hall–Kier alpha value is -1.63. The molecule has 0 aromatic rings. The van der Waals surface area contributed by atoms with Gasteiger partial charge in [0, 0.05) is 6.04 Å². The van der Waals surface area contributed by atoms with Crippen LogP contribution in [0.3, 0.4) is 0 Å². The Kier molecular flexibility index (Phi) is 5.55. The van der Waals surface area contributed by atoms with Gasteiger partial charge in [-0.3, -0.25) is 14.9 Å². The van der Waals surface area contributed by atoms with E-state index in [9.17, 15) is 14.4 Å². The lowest BCUT2D eigenvalue weighted by Crippen LogP contribution is -2.44. The molecule has 3 amide bonds. The first-order valence-corrected chi connectivity index (χ1v) is 7.58. The molecule has 0 heterocycles. The molecule has 0 aromatic carbocycles. The Bertz CT molecular complexity index is 401. The van der Waals surface area contributed by atoms with Crippen LogP contribution in [0.2, 0.25) is 0 Å². The predicted molar refractivity (Wildman–Crippen MR) is 75.6 cm³/mol. The van der Waals surface area contributed by atoms with Crippen molar-refractivity contribution in [3.05, 3.63) is 0 Å². The van der Waals surface area contributed by atoms with Gasteiger partial charge < -0.3 is 15.7 Å². The highest BCUT2D eigenvalue weighted by atomic mass is 16.4. The van der Waals surface area contributed by atoms with Crippen molar-refractivity contribution in [1.82, 2.24) is 16.0 Å². The summed E-state index contributed by atoms with van der Waals surface area (Å²) in [6.07, 6.45) is 5.12. The van der Waals surface area contributed by atoms with E-state index in [0.717, 1.165) is 25.7 Å². The molecule has 0 spiro atoms. The Labute approximate surface area is 123 Å². The van der Waals surface area contributed by atoms with E-state index < -0.39 is 12.0 Å². The number of imide groups is 1. The molecule has 0 atom stereocenters. The molecule has 2 aliphatic carbocycles. The summed E-state index contributed by atoms with van der Waals surface area (Å²) >= 11 is 0. The number of rotatable bonds is 6. The van der Waals surface area contributed by atoms with E-state index >= 15 is 0 Å². The maximum absolute atomic E-state index is 11.5.